The number of benzene rings is 2. The van der Waals surface area contributed by atoms with Crippen LogP contribution in [0.25, 0.3) is 16.8 Å². The Balaban J connectivity index is 2.56. The smallest absolute Gasteiger partial charge is 0.152 e. The summed E-state index contributed by atoms with van der Waals surface area (Å²) in [6, 6.07) is 14.2. The minimum absolute atomic E-state index is 0.0722. The summed E-state index contributed by atoms with van der Waals surface area (Å²) in [6.45, 7) is 1.56. The zero-order valence-corrected chi connectivity index (χ0v) is 8.60. The van der Waals surface area contributed by atoms with Gasteiger partial charge in [0.2, 0.25) is 0 Å². The average molecular weight is 196 g/mol. The molecule has 0 heterocycles. The van der Waals surface area contributed by atoms with Crippen molar-refractivity contribution in [2.45, 2.75) is 6.92 Å². The highest BCUT2D eigenvalue weighted by atomic mass is 16.1. The molecule has 0 aliphatic rings. The van der Waals surface area contributed by atoms with Crippen molar-refractivity contribution < 1.29 is 4.79 Å². The third kappa shape index (κ3) is 2.13. The van der Waals surface area contributed by atoms with Gasteiger partial charge in [0.05, 0.1) is 0 Å². The third-order valence-corrected chi connectivity index (χ3v) is 2.32. The van der Waals surface area contributed by atoms with E-state index in [-0.39, 0.29) is 5.78 Å². The Kier molecular flexibility index (Phi) is 2.64. The number of rotatable bonds is 2. The van der Waals surface area contributed by atoms with Crippen molar-refractivity contribution in [3.63, 3.8) is 0 Å². The van der Waals surface area contributed by atoms with Crippen LogP contribution in [0.1, 0.15) is 12.5 Å². The second-order valence-corrected chi connectivity index (χ2v) is 3.51. The maximum absolute atomic E-state index is 10.9. The fraction of sp³-hybridized carbons (Fsp3) is 0.0714. The number of allylic oxidation sites excluding steroid dienone is 1. The van der Waals surface area contributed by atoms with Gasteiger partial charge in [-0.05, 0) is 29.3 Å². The summed E-state index contributed by atoms with van der Waals surface area (Å²) in [6.07, 6.45) is 3.46. The summed E-state index contributed by atoms with van der Waals surface area (Å²) < 4.78 is 0. The standard InChI is InChI=1S/C14H12O/c1-11(15)9-10-13-7-4-6-12-5-2-3-8-14(12)13/h2-10H,1H3. The lowest BCUT2D eigenvalue weighted by atomic mass is 10.0. The first kappa shape index (κ1) is 9.66. The maximum Gasteiger partial charge on any atom is 0.152 e. The van der Waals surface area contributed by atoms with Gasteiger partial charge in [-0.1, -0.05) is 48.5 Å². The molecule has 74 valence electrons. The van der Waals surface area contributed by atoms with Crippen molar-refractivity contribution in [2.24, 2.45) is 0 Å². The molecular weight excluding hydrogens is 184 g/mol. The topological polar surface area (TPSA) is 17.1 Å². The van der Waals surface area contributed by atoms with Crippen LogP contribution in [-0.4, -0.2) is 5.78 Å². The van der Waals surface area contributed by atoms with E-state index in [0.29, 0.717) is 0 Å². The van der Waals surface area contributed by atoms with Gasteiger partial charge >= 0.3 is 0 Å². The van der Waals surface area contributed by atoms with Gasteiger partial charge in [-0.3, -0.25) is 4.79 Å². The minimum atomic E-state index is 0.0722. The Morgan fingerprint density at radius 1 is 1.07 bits per heavy atom. The van der Waals surface area contributed by atoms with Crippen LogP contribution >= 0.6 is 0 Å². The quantitative estimate of drug-likeness (QED) is 0.672. The van der Waals surface area contributed by atoms with E-state index < -0.39 is 0 Å². The summed E-state index contributed by atoms with van der Waals surface area (Å²) >= 11 is 0. The van der Waals surface area contributed by atoms with Gasteiger partial charge in [-0.25, -0.2) is 0 Å². The van der Waals surface area contributed by atoms with E-state index in [0.717, 1.165) is 5.56 Å². The summed E-state index contributed by atoms with van der Waals surface area (Å²) in [5, 5.41) is 2.38. The Morgan fingerprint density at radius 2 is 1.80 bits per heavy atom. The first-order valence-corrected chi connectivity index (χ1v) is 4.94. The van der Waals surface area contributed by atoms with Crippen LogP contribution in [0.3, 0.4) is 0 Å². The molecule has 2 aromatic rings. The van der Waals surface area contributed by atoms with E-state index in [1.54, 1.807) is 13.0 Å². The predicted octanol–water partition coefficient (Wildman–Crippen LogP) is 3.44. The molecule has 2 rings (SSSR count). The van der Waals surface area contributed by atoms with E-state index in [2.05, 4.69) is 18.2 Å². The van der Waals surface area contributed by atoms with Crippen molar-refractivity contribution in [1.29, 1.82) is 0 Å². The molecule has 15 heavy (non-hydrogen) atoms. The fourth-order valence-electron chi connectivity index (χ4n) is 1.60. The molecule has 1 heteroatoms. The van der Waals surface area contributed by atoms with E-state index in [1.807, 2.05) is 30.3 Å². The number of carbonyl (C=O) groups is 1. The van der Waals surface area contributed by atoms with E-state index >= 15 is 0 Å². The molecule has 2 aromatic carbocycles. The second-order valence-electron chi connectivity index (χ2n) is 3.51. The van der Waals surface area contributed by atoms with Crippen molar-refractivity contribution >= 4 is 22.6 Å². The normalized spacial score (nSPS) is 11.0. The molecule has 0 amide bonds. The van der Waals surface area contributed by atoms with Crippen LogP contribution in [0.4, 0.5) is 0 Å². The Morgan fingerprint density at radius 3 is 2.60 bits per heavy atom. The molecule has 1 nitrogen and oxygen atoms in total. The molecule has 0 saturated carbocycles. The van der Waals surface area contributed by atoms with Gasteiger partial charge in [0.15, 0.2) is 5.78 Å². The molecule has 0 bridgehead atoms. The number of hydrogen-bond donors (Lipinski definition) is 0. The largest absolute Gasteiger partial charge is 0.295 e. The second kappa shape index (κ2) is 4.09. The zero-order valence-electron chi connectivity index (χ0n) is 8.60. The van der Waals surface area contributed by atoms with Gasteiger partial charge in [-0.15, -0.1) is 0 Å². The summed E-state index contributed by atoms with van der Waals surface area (Å²) in [7, 11) is 0. The molecule has 0 aliphatic carbocycles. The first-order chi connectivity index (χ1) is 7.27. The average Bonchev–Trinajstić information content (AvgIpc) is 2.26. The maximum atomic E-state index is 10.9. The Bertz CT molecular complexity index is 518. The van der Waals surface area contributed by atoms with Gasteiger partial charge in [-0.2, -0.15) is 0 Å². The Hall–Kier alpha value is -1.89. The van der Waals surface area contributed by atoms with Gasteiger partial charge < -0.3 is 0 Å². The third-order valence-electron chi connectivity index (χ3n) is 2.32. The molecule has 0 N–H and O–H groups in total. The zero-order chi connectivity index (χ0) is 10.7. The molecule has 0 unspecified atom stereocenters. The van der Waals surface area contributed by atoms with Crippen molar-refractivity contribution in [3.8, 4) is 0 Å². The first-order valence-electron chi connectivity index (χ1n) is 4.94. The molecule has 0 radical (unpaired) electrons. The predicted molar refractivity (Wildman–Crippen MR) is 63.7 cm³/mol. The summed E-state index contributed by atoms with van der Waals surface area (Å²) in [5.74, 6) is 0.0722. The summed E-state index contributed by atoms with van der Waals surface area (Å²) in [5.41, 5.74) is 1.09. The summed E-state index contributed by atoms with van der Waals surface area (Å²) in [4.78, 5) is 10.9. The molecule has 0 spiro atoms. The van der Waals surface area contributed by atoms with Crippen LogP contribution in [0.2, 0.25) is 0 Å². The van der Waals surface area contributed by atoms with Crippen LogP contribution in [0.15, 0.2) is 48.5 Å². The van der Waals surface area contributed by atoms with E-state index in [1.165, 1.54) is 10.8 Å². The van der Waals surface area contributed by atoms with Crippen molar-refractivity contribution in [2.75, 3.05) is 0 Å². The highest BCUT2D eigenvalue weighted by Gasteiger charge is 1.96. The van der Waals surface area contributed by atoms with Crippen LogP contribution in [0, 0.1) is 0 Å². The Labute approximate surface area is 89.0 Å². The van der Waals surface area contributed by atoms with Gasteiger partial charge in [0.1, 0.15) is 0 Å². The molecular formula is C14H12O. The van der Waals surface area contributed by atoms with Crippen LogP contribution in [-0.2, 0) is 4.79 Å². The highest BCUT2D eigenvalue weighted by molar-refractivity contribution is 5.96. The lowest BCUT2D eigenvalue weighted by Gasteiger charge is -2.00. The lowest BCUT2D eigenvalue weighted by molar-refractivity contribution is -0.112. The molecule has 0 aliphatic heterocycles. The number of fused-ring (bicyclic) bond motifs is 1. The van der Waals surface area contributed by atoms with E-state index in [4.69, 9.17) is 0 Å². The minimum Gasteiger partial charge on any atom is -0.295 e. The fourth-order valence-corrected chi connectivity index (χ4v) is 1.60. The van der Waals surface area contributed by atoms with Crippen molar-refractivity contribution in [1.82, 2.24) is 0 Å². The number of ketones is 1. The molecule has 0 fully saturated rings. The van der Waals surface area contributed by atoms with Gasteiger partial charge in [0, 0.05) is 0 Å². The monoisotopic (exact) mass is 196 g/mol. The SMILES string of the molecule is CC(=O)C=Cc1cccc2ccccc12. The lowest BCUT2D eigenvalue weighted by Crippen LogP contribution is -1.81. The van der Waals surface area contributed by atoms with Gasteiger partial charge in [0.25, 0.3) is 0 Å². The molecule has 0 aromatic heterocycles. The number of hydrogen-bond acceptors (Lipinski definition) is 1. The van der Waals surface area contributed by atoms with Crippen LogP contribution in [0.5, 0.6) is 0 Å². The highest BCUT2D eigenvalue weighted by Crippen LogP contribution is 2.19. The molecule has 0 atom stereocenters. The molecule has 0 saturated heterocycles. The van der Waals surface area contributed by atoms with E-state index in [9.17, 15) is 4.79 Å². The van der Waals surface area contributed by atoms with Crippen LogP contribution < -0.4 is 0 Å². The van der Waals surface area contributed by atoms with Crippen molar-refractivity contribution in [3.05, 3.63) is 54.1 Å². The number of carbonyl (C=O) groups excluding carboxylic acids is 1.